The van der Waals surface area contributed by atoms with Crippen molar-refractivity contribution < 1.29 is 18.3 Å². The molecule has 0 aromatic heterocycles. The Morgan fingerprint density at radius 3 is 1.17 bits per heavy atom. The van der Waals surface area contributed by atoms with Gasteiger partial charge in [-0.2, -0.15) is 0 Å². The summed E-state index contributed by atoms with van der Waals surface area (Å²) in [6, 6.07) is 41.9. The van der Waals surface area contributed by atoms with Crippen LogP contribution in [-0.4, -0.2) is 0 Å². The molecule has 0 amide bonds. The second-order valence-electron chi connectivity index (χ2n) is 10.2. The molecule has 0 spiro atoms. The third kappa shape index (κ3) is 5.79. The Morgan fingerprint density at radius 2 is 0.762 bits per heavy atom. The lowest BCUT2D eigenvalue weighted by Crippen LogP contribution is -1.91. The van der Waals surface area contributed by atoms with Crippen LogP contribution in [-0.2, 0) is 0 Å². The zero-order valence-electron chi connectivity index (χ0n) is 23.3. The van der Waals surface area contributed by atoms with Gasteiger partial charge in [0.05, 0.1) is 0 Å². The summed E-state index contributed by atoms with van der Waals surface area (Å²) in [5.74, 6) is 1.99. The highest BCUT2D eigenvalue weighted by atomic mass is 19.1. The van der Waals surface area contributed by atoms with Crippen LogP contribution in [0.25, 0.3) is 33.4 Å². The van der Waals surface area contributed by atoms with E-state index in [4.69, 9.17) is 9.47 Å². The average Bonchev–Trinajstić information content (AvgIpc) is 3.01. The van der Waals surface area contributed by atoms with Gasteiger partial charge in [0.2, 0.25) is 0 Å². The second kappa shape index (κ2) is 11.7. The number of hydrogen-bond donors (Lipinski definition) is 0. The number of rotatable bonds is 7. The van der Waals surface area contributed by atoms with Crippen molar-refractivity contribution in [2.24, 2.45) is 0 Å². The summed E-state index contributed by atoms with van der Waals surface area (Å²) in [7, 11) is 0. The molecule has 42 heavy (non-hydrogen) atoms. The van der Waals surface area contributed by atoms with Crippen molar-refractivity contribution in [1.29, 1.82) is 0 Å². The van der Waals surface area contributed by atoms with Gasteiger partial charge in [0.15, 0.2) is 0 Å². The first kappa shape index (κ1) is 27.0. The molecular weight excluding hydrogens is 526 g/mol. The summed E-state index contributed by atoms with van der Waals surface area (Å²) in [6.45, 7) is 3.44. The lowest BCUT2D eigenvalue weighted by Gasteiger charge is -2.16. The minimum atomic E-state index is -0.258. The summed E-state index contributed by atoms with van der Waals surface area (Å²) in [5, 5.41) is 0. The smallest absolute Gasteiger partial charge is 0.128 e. The van der Waals surface area contributed by atoms with Crippen LogP contribution < -0.4 is 9.47 Å². The van der Waals surface area contributed by atoms with E-state index in [1.165, 1.54) is 12.1 Å². The quantitative estimate of drug-likeness (QED) is 0.195. The van der Waals surface area contributed by atoms with E-state index in [1.807, 2.05) is 60.7 Å². The lowest BCUT2D eigenvalue weighted by molar-refractivity contribution is 0.479. The highest BCUT2D eigenvalue weighted by molar-refractivity contribution is 5.92. The maximum atomic E-state index is 13.8. The van der Waals surface area contributed by atoms with E-state index in [2.05, 4.69) is 36.4 Å². The Morgan fingerprint density at radius 1 is 0.381 bits per heavy atom. The van der Waals surface area contributed by atoms with Crippen LogP contribution in [0.15, 0.2) is 133 Å². The van der Waals surface area contributed by atoms with Crippen LogP contribution in [0.5, 0.6) is 23.0 Å². The van der Waals surface area contributed by atoms with Gasteiger partial charge in [-0.1, -0.05) is 72.8 Å². The summed E-state index contributed by atoms with van der Waals surface area (Å²) in [6.07, 6.45) is 0. The van der Waals surface area contributed by atoms with Crippen LogP contribution in [0.3, 0.4) is 0 Å². The molecule has 0 radical (unpaired) electrons. The van der Waals surface area contributed by atoms with Crippen LogP contribution in [0.1, 0.15) is 11.1 Å². The van der Waals surface area contributed by atoms with Crippen molar-refractivity contribution in [2.75, 3.05) is 0 Å². The first-order chi connectivity index (χ1) is 20.4. The average molecular weight is 555 g/mol. The van der Waals surface area contributed by atoms with E-state index < -0.39 is 0 Å². The monoisotopic (exact) mass is 554 g/mol. The SMILES string of the molecule is Cc1cc(Oc2cccc(-c3ccccc3-c3ccccc3-c3cccc(Oc4ccc(F)c(C)c4)c3)c2)ccc1F. The van der Waals surface area contributed by atoms with Crippen molar-refractivity contribution >= 4 is 0 Å². The van der Waals surface area contributed by atoms with Crippen LogP contribution in [0.2, 0.25) is 0 Å². The second-order valence-corrected chi connectivity index (χ2v) is 10.2. The number of hydrogen-bond acceptors (Lipinski definition) is 2. The summed E-state index contributed by atoms with van der Waals surface area (Å²) >= 11 is 0. The van der Waals surface area contributed by atoms with Gasteiger partial charge in [-0.3, -0.25) is 0 Å². The minimum Gasteiger partial charge on any atom is -0.457 e. The van der Waals surface area contributed by atoms with Gasteiger partial charge in [0.25, 0.3) is 0 Å². The molecule has 2 nitrogen and oxygen atoms in total. The first-order valence-electron chi connectivity index (χ1n) is 13.7. The van der Waals surface area contributed by atoms with E-state index in [-0.39, 0.29) is 11.6 Å². The van der Waals surface area contributed by atoms with Gasteiger partial charge < -0.3 is 9.47 Å². The van der Waals surface area contributed by atoms with Gasteiger partial charge in [0.1, 0.15) is 34.6 Å². The molecule has 6 aromatic rings. The molecule has 0 saturated carbocycles. The third-order valence-corrected chi connectivity index (χ3v) is 7.16. The molecule has 0 N–H and O–H groups in total. The van der Waals surface area contributed by atoms with Gasteiger partial charge in [-0.25, -0.2) is 8.78 Å². The van der Waals surface area contributed by atoms with Crippen molar-refractivity contribution in [3.05, 3.63) is 156 Å². The molecule has 0 saturated heterocycles. The fourth-order valence-electron chi connectivity index (χ4n) is 5.03. The molecule has 0 unspecified atom stereocenters. The standard InChI is InChI=1S/C38H28F2O2/c1-25-21-31(17-19-37(25)39)41-29-11-7-9-27(23-29)33-13-3-5-15-35(33)36-16-6-4-14-34(36)28-10-8-12-30(24-28)42-32-18-20-38(40)26(2)22-32/h3-24H,1-2H3. The van der Waals surface area contributed by atoms with Gasteiger partial charge in [-0.05, 0) is 119 Å². The maximum Gasteiger partial charge on any atom is 0.128 e. The molecule has 0 aliphatic carbocycles. The molecule has 206 valence electrons. The van der Waals surface area contributed by atoms with Gasteiger partial charge in [-0.15, -0.1) is 0 Å². The number of benzene rings is 6. The van der Waals surface area contributed by atoms with Crippen molar-refractivity contribution in [3.63, 3.8) is 0 Å². The predicted molar refractivity (Wildman–Crippen MR) is 165 cm³/mol. The maximum absolute atomic E-state index is 13.8. The Labute approximate surface area is 244 Å². The molecule has 4 heteroatoms. The highest BCUT2D eigenvalue weighted by Gasteiger charge is 2.14. The predicted octanol–water partition coefficient (Wildman–Crippen LogP) is 11.2. The number of halogens is 2. The Balaban J connectivity index is 1.35. The Kier molecular flexibility index (Phi) is 7.52. The Hall–Kier alpha value is -5.22. The van der Waals surface area contributed by atoms with Crippen molar-refractivity contribution in [1.82, 2.24) is 0 Å². The summed E-state index contributed by atoms with van der Waals surface area (Å²) in [5.41, 5.74) is 7.33. The number of aryl methyl sites for hydroxylation is 2. The van der Waals surface area contributed by atoms with E-state index in [9.17, 15) is 8.78 Å². The minimum absolute atomic E-state index is 0.258. The van der Waals surface area contributed by atoms with E-state index >= 15 is 0 Å². The molecule has 0 heterocycles. The van der Waals surface area contributed by atoms with Crippen LogP contribution in [0.4, 0.5) is 8.78 Å². The summed E-state index contributed by atoms with van der Waals surface area (Å²) in [4.78, 5) is 0. The third-order valence-electron chi connectivity index (χ3n) is 7.16. The van der Waals surface area contributed by atoms with Crippen molar-refractivity contribution in [2.45, 2.75) is 13.8 Å². The zero-order valence-corrected chi connectivity index (χ0v) is 23.3. The summed E-state index contributed by atoms with van der Waals surface area (Å²) < 4.78 is 39.7. The first-order valence-corrected chi connectivity index (χ1v) is 13.7. The fraction of sp³-hybridized carbons (Fsp3) is 0.0526. The Bertz CT molecular complexity index is 1750. The van der Waals surface area contributed by atoms with Gasteiger partial charge in [0, 0.05) is 0 Å². The van der Waals surface area contributed by atoms with Crippen molar-refractivity contribution in [3.8, 4) is 56.4 Å². The van der Waals surface area contributed by atoms with Gasteiger partial charge >= 0.3 is 0 Å². The molecular formula is C38H28F2O2. The van der Waals surface area contributed by atoms with E-state index in [0.717, 1.165) is 33.4 Å². The van der Waals surface area contributed by atoms with Crippen LogP contribution in [0, 0.1) is 25.5 Å². The highest BCUT2D eigenvalue weighted by Crippen LogP contribution is 2.40. The van der Waals surface area contributed by atoms with E-state index in [1.54, 1.807) is 38.1 Å². The number of ether oxygens (including phenoxy) is 2. The molecule has 0 aliphatic rings. The van der Waals surface area contributed by atoms with Crippen LogP contribution >= 0.6 is 0 Å². The molecule has 0 fully saturated rings. The largest absolute Gasteiger partial charge is 0.457 e. The topological polar surface area (TPSA) is 18.5 Å². The molecule has 0 atom stereocenters. The molecule has 0 aliphatic heterocycles. The molecule has 6 aromatic carbocycles. The lowest BCUT2D eigenvalue weighted by atomic mass is 9.89. The van der Waals surface area contributed by atoms with E-state index in [0.29, 0.717) is 34.1 Å². The molecule has 0 bridgehead atoms. The zero-order chi connectivity index (χ0) is 29.1. The fourth-order valence-corrected chi connectivity index (χ4v) is 5.03. The molecule has 6 rings (SSSR count). The normalized spacial score (nSPS) is 10.9.